The number of nitrogens with one attached hydrogen (secondary N) is 1. The summed E-state index contributed by atoms with van der Waals surface area (Å²) in [4.78, 5) is 61.0. The molecule has 8 aliphatic rings. The van der Waals surface area contributed by atoms with E-state index in [1.807, 2.05) is 44.2 Å². The van der Waals surface area contributed by atoms with E-state index in [9.17, 15) is 24.3 Å². The van der Waals surface area contributed by atoms with Gasteiger partial charge in [0.25, 0.3) is 0 Å². The minimum absolute atomic E-state index is 0.0184. The number of nitrogens with zero attached hydrogens (tertiary/aromatic N) is 2. The summed E-state index contributed by atoms with van der Waals surface area (Å²) in [6.07, 6.45) is 13.1. The highest BCUT2D eigenvalue weighted by Crippen LogP contribution is 2.79. The largest absolute Gasteiger partial charge is 0.481 e. The zero-order chi connectivity index (χ0) is 45.1. The van der Waals surface area contributed by atoms with Crippen LogP contribution in [0.2, 0.25) is 0 Å². The number of allylic oxidation sites excluding steroid dienone is 1. The zero-order valence-corrected chi connectivity index (χ0v) is 40.2. The lowest BCUT2D eigenvalue weighted by Crippen LogP contribution is -2.71. The lowest BCUT2D eigenvalue weighted by Gasteiger charge is -2.74. The van der Waals surface area contributed by atoms with Gasteiger partial charge in [-0.2, -0.15) is 0 Å². The molecule has 6 aliphatic carbocycles. The van der Waals surface area contributed by atoms with Crippen LogP contribution in [-0.4, -0.2) is 76.4 Å². The number of rotatable bonds is 9. The van der Waals surface area contributed by atoms with Gasteiger partial charge in [0.2, 0.25) is 0 Å². The van der Waals surface area contributed by atoms with Crippen molar-refractivity contribution >= 4 is 23.8 Å². The first-order chi connectivity index (χ1) is 29.7. The van der Waals surface area contributed by atoms with Gasteiger partial charge in [-0.05, 0) is 170 Å². The average Bonchev–Trinajstić information content (AvgIpc) is 3.98. The molecule has 9 rings (SSSR count). The number of ketones is 1. The standard InChI is InChI=1S/C54H79N3O6/c1-34(2)43-39(58)31-53(55-47(62)57-29-15-18-36(57)32-56-27-13-14-28-56)26-25-51(8)37(44(43)53)19-20-42-50(7)23-21-41(48(3,4)40(50)22-24-52(42,51)9)54(46(60)61)30-38(49(54,5)6)45(59)63-33-35-16-11-10-12-17-35/h10-12,16-17,34,36-38,40-42H,13-15,18-33H2,1-9H3,(H,55,62)(H,60,61)/t36?,37-,38+,40-,41+,42-,50-,51-,52-,53-,54-/m1/s1. The third kappa shape index (κ3) is 6.43. The van der Waals surface area contributed by atoms with Crippen LogP contribution in [0.5, 0.6) is 0 Å². The van der Waals surface area contributed by atoms with Crippen molar-refractivity contribution in [3.8, 4) is 0 Å². The molecule has 11 atom stereocenters. The first-order valence-corrected chi connectivity index (χ1v) is 25.2. The van der Waals surface area contributed by atoms with E-state index in [4.69, 9.17) is 4.74 Å². The minimum atomic E-state index is -1.02. The highest BCUT2D eigenvalue weighted by atomic mass is 16.5. The SMILES string of the molecule is CC(C)C1=C2[C@H]3CC[C@@H]4[C@]5(C)CC[C@H]([C@@]6(C(=O)O)C[C@@H](C(=O)OCc7ccccc7)C6(C)C)C(C)(C)[C@H]5CC[C@@]4(C)[C@]3(C)CC[C@@]2(NC(=O)N2CCCC2CN2CCCC2)CC1=O. The molecule has 2 heterocycles. The molecule has 1 aromatic carbocycles. The van der Waals surface area contributed by atoms with Gasteiger partial charge in [-0.25, -0.2) is 4.79 Å². The number of aliphatic carboxylic acids is 1. The molecule has 9 nitrogen and oxygen atoms in total. The highest BCUT2D eigenvalue weighted by Gasteiger charge is 2.76. The first-order valence-electron chi connectivity index (χ1n) is 25.2. The molecular weight excluding hydrogens is 787 g/mol. The maximum atomic E-state index is 14.6. The molecule has 9 heteroatoms. The number of ether oxygens (including phenoxy) is 1. The Bertz CT molecular complexity index is 2040. The Balaban J connectivity index is 0.969. The predicted octanol–water partition coefficient (Wildman–Crippen LogP) is 10.5. The Hall–Kier alpha value is -3.20. The first kappa shape index (κ1) is 45.0. The Morgan fingerprint density at radius 3 is 2.17 bits per heavy atom. The number of likely N-dealkylation sites (tertiary alicyclic amines) is 2. The second kappa shape index (κ2) is 15.4. The fraction of sp³-hybridized carbons (Fsp3) is 0.778. The summed E-state index contributed by atoms with van der Waals surface area (Å²) < 4.78 is 5.85. The number of carbonyl (C=O) groups is 4. The number of esters is 1. The van der Waals surface area contributed by atoms with Gasteiger partial charge in [-0.15, -0.1) is 0 Å². The van der Waals surface area contributed by atoms with Gasteiger partial charge in [0.1, 0.15) is 6.61 Å². The molecule has 2 N–H and O–H groups in total. The van der Waals surface area contributed by atoms with Crippen molar-refractivity contribution in [2.24, 2.45) is 68.0 Å². The Kier molecular flexibility index (Phi) is 11.0. The number of amides is 2. The van der Waals surface area contributed by atoms with Gasteiger partial charge in [0, 0.05) is 25.6 Å². The van der Waals surface area contributed by atoms with Crippen LogP contribution < -0.4 is 5.32 Å². The van der Waals surface area contributed by atoms with Crippen molar-refractivity contribution in [2.75, 3.05) is 26.2 Å². The number of carboxylic acids is 1. The van der Waals surface area contributed by atoms with Crippen LogP contribution >= 0.6 is 0 Å². The van der Waals surface area contributed by atoms with Gasteiger partial charge >= 0.3 is 18.0 Å². The van der Waals surface area contributed by atoms with E-state index in [1.165, 1.54) is 18.4 Å². The number of carbonyl (C=O) groups excluding carboxylic acids is 3. The number of hydrogen-bond donors (Lipinski definition) is 2. The Morgan fingerprint density at radius 1 is 0.810 bits per heavy atom. The molecule has 2 amide bonds. The van der Waals surface area contributed by atoms with E-state index >= 15 is 0 Å². The molecule has 2 aliphatic heterocycles. The van der Waals surface area contributed by atoms with E-state index in [0.717, 1.165) is 102 Å². The van der Waals surface area contributed by atoms with Crippen molar-refractivity contribution in [1.82, 2.24) is 15.1 Å². The molecular formula is C54H79N3O6. The van der Waals surface area contributed by atoms with E-state index in [1.54, 1.807) is 0 Å². The Morgan fingerprint density at radius 2 is 1.51 bits per heavy atom. The molecule has 5 saturated carbocycles. The van der Waals surface area contributed by atoms with E-state index in [0.29, 0.717) is 24.7 Å². The molecule has 7 fully saturated rings. The number of Topliss-reactive ketones (excluding diaryl/α,β-unsaturated/α-hetero) is 1. The second-order valence-electron chi connectivity index (χ2n) is 24.5. The predicted molar refractivity (Wildman–Crippen MR) is 245 cm³/mol. The minimum Gasteiger partial charge on any atom is -0.481 e. The van der Waals surface area contributed by atoms with Crippen molar-refractivity contribution in [3.63, 3.8) is 0 Å². The molecule has 0 radical (unpaired) electrons. The van der Waals surface area contributed by atoms with E-state index in [-0.39, 0.29) is 69.8 Å². The highest BCUT2D eigenvalue weighted by molar-refractivity contribution is 6.02. The summed E-state index contributed by atoms with van der Waals surface area (Å²) in [6, 6.07) is 9.97. The number of hydrogen-bond acceptors (Lipinski definition) is 6. The average molecular weight is 866 g/mol. The van der Waals surface area contributed by atoms with Gasteiger partial charge in [-0.3, -0.25) is 14.4 Å². The second-order valence-corrected chi connectivity index (χ2v) is 24.5. The van der Waals surface area contributed by atoms with Crippen LogP contribution in [0.25, 0.3) is 0 Å². The zero-order valence-electron chi connectivity index (χ0n) is 40.2. The maximum Gasteiger partial charge on any atom is 0.318 e. The number of fused-ring (bicyclic) bond motifs is 7. The van der Waals surface area contributed by atoms with Crippen LogP contribution in [0.1, 0.15) is 158 Å². The lowest BCUT2D eigenvalue weighted by molar-refractivity contribution is -0.261. The number of carboxylic acid groups (broad SMARTS) is 1. The third-order valence-corrected chi connectivity index (χ3v) is 21.1. The van der Waals surface area contributed by atoms with E-state index < -0.39 is 28.3 Å². The van der Waals surface area contributed by atoms with Gasteiger partial charge in [0.15, 0.2) is 5.78 Å². The van der Waals surface area contributed by atoms with Crippen molar-refractivity contribution in [2.45, 2.75) is 170 Å². The fourth-order valence-electron chi connectivity index (χ4n) is 17.8. The van der Waals surface area contributed by atoms with Crippen LogP contribution in [0, 0.1) is 68.0 Å². The number of benzene rings is 1. The monoisotopic (exact) mass is 866 g/mol. The van der Waals surface area contributed by atoms with Crippen molar-refractivity contribution < 1.29 is 29.0 Å². The summed E-state index contributed by atoms with van der Waals surface area (Å²) in [7, 11) is 0. The molecule has 63 heavy (non-hydrogen) atoms. The third-order valence-electron chi connectivity index (χ3n) is 21.1. The quantitative estimate of drug-likeness (QED) is 0.238. The summed E-state index contributed by atoms with van der Waals surface area (Å²) in [5.74, 6) is -0.226. The van der Waals surface area contributed by atoms with Crippen molar-refractivity contribution in [1.29, 1.82) is 0 Å². The summed E-state index contributed by atoms with van der Waals surface area (Å²) in [5, 5.41) is 15.0. The van der Waals surface area contributed by atoms with Gasteiger partial charge in [0.05, 0.1) is 16.9 Å². The van der Waals surface area contributed by atoms with Gasteiger partial charge < -0.3 is 25.0 Å². The maximum absolute atomic E-state index is 14.6. The smallest absolute Gasteiger partial charge is 0.318 e. The molecule has 1 aromatic rings. The lowest BCUT2D eigenvalue weighted by atomic mass is 9.30. The fourth-order valence-corrected chi connectivity index (χ4v) is 17.8. The van der Waals surface area contributed by atoms with Crippen molar-refractivity contribution in [3.05, 3.63) is 47.0 Å². The molecule has 346 valence electrons. The van der Waals surface area contributed by atoms with Crippen LogP contribution in [0.15, 0.2) is 41.5 Å². The normalized spacial score (nSPS) is 41.6. The Labute approximate surface area is 378 Å². The van der Waals surface area contributed by atoms with Crippen LogP contribution in [0.3, 0.4) is 0 Å². The summed E-state index contributed by atoms with van der Waals surface area (Å²) >= 11 is 0. The molecule has 0 bridgehead atoms. The molecule has 2 saturated heterocycles. The number of urea groups is 1. The molecule has 1 unspecified atom stereocenters. The summed E-state index contributed by atoms with van der Waals surface area (Å²) in [5.41, 5.74) is 0.541. The molecule has 0 spiro atoms. The topological polar surface area (TPSA) is 116 Å². The van der Waals surface area contributed by atoms with Crippen LogP contribution in [-0.2, 0) is 25.7 Å². The van der Waals surface area contributed by atoms with Crippen LogP contribution in [0.4, 0.5) is 4.79 Å². The van der Waals surface area contributed by atoms with Gasteiger partial charge in [-0.1, -0.05) is 92.6 Å². The summed E-state index contributed by atoms with van der Waals surface area (Å²) in [6.45, 7) is 25.0. The molecule has 0 aromatic heterocycles. The van der Waals surface area contributed by atoms with E-state index in [2.05, 4.69) is 63.6 Å².